The molecule has 1 aromatic carbocycles. The average molecular weight is 319 g/mol. The first kappa shape index (κ1) is 15.2. The fourth-order valence-corrected chi connectivity index (χ4v) is 3.75. The van der Waals surface area contributed by atoms with E-state index >= 15 is 0 Å². The van der Waals surface area contributed by atoms with Crippen LogP contribution < -0.4 is 10.2 Å². The van der Waals surface area contributed by atoms with Gasteiger partial charge in [0.1, 0.15) is 14.5 Å². The molecule has 1 fully saturated rings. The van der Waals surface area contributed by atoms with E-state index in [2.05, 4.69) is 4.98 Å². The number of hydrogen-bond donors (Lipinski definition) is 0. The van der Waals surface area contributed by atoms with Crippen LogP contribution in [0.5, 0.6) is 5.88 Å². The summed E-state index contributed by atoms with van der Waals surface area (Å²) in [5, 5.41) is 0. The van der Waals surface area contributed by atoms with Crippen molar-refractivity contribution in [3.63, 3.8) is 0 Å². The Kier molecular flexibility index (Phi) is 3.79. The molecule has 0 unspecified atom stereocenters. The maximum absolute atomic E-state index is 11.9. The van der Waals surface area contributed by atoms with Crippen LogP contribution in [-0.2, 0) is 22.6 Å². The predicted molar refractivity (Wildman–Crippen MR) is 90.5 cm³/mol. The molecule has 24 heavy (non-hydrogen) atoms. The van der Waals surface area contributed by atoms with E-state index in [0.717, 1.165) is 17.4 Å². The fourth-order valence-electron chi connectivity index (χ4n) is 3.75. The molecule has 0 N–H and O–H groups in total. The van der Waals surface area contributed by atoms with E-state index in [1.165, 1.54) is 11.1 Å². The van der Waals surface area contributed by atoms with Gasteiger partial charge in [-0.05, 0) is 36.0 Å². The molecule has 1 heterocycles. The zero-order chi connectivity index (χ0) is 16.7. The van der Waals surface area contributed by atoms with Crippen LogP contribution in [0.1, 0.15) is 29.5 Å². The van der Waals surface area contributed by atoms with Gasteiger partial charge in [0.2, 0.25) is 5.88 Å². The largest absolute Gasteiger partial charge is 0.473 e. The summed E-state index contributed by atoms with van der Waals surface area (Å²) in [5.74, 6) is 1.24. The van der Waals surface area contributed by atoms with Crippen molar-refractivity contribution >= 4 is 19.3 Å². The lowest BCUT2D eigenvalue weighted by molar-refractivity contribution is -0.145. The standard InChI is InChI=1S/C19H18BNO3/c1-2-23-19(22)18-14-7-12-8-16(21-9-15(12)17(14)18)24-10-11-4-3-5-13(20)6-11/h3-6,8-9,14,17-18H,2,7,10H2,1H3/t14-,17-,18+/m1/s1. The molecule has 3 atom stereocenters. The third kappa shape index (κ3) is 2.68. The molecule has 120 valence electrons. The van der Waals surface area contributed by atoms with Crippen LogP contribution in [0.3, 0.4) is 0 Å². The Morgan fingerprint density at radius 3 is 3.04 bits per heavy atom. The highest BCUT2D eigenvalue weighted by Crippen LogP contribution is 2.61. The second-order valence-corrected chi connectivity index (χ2v) is 6.43. The summed E-state index contributed by atoms with van der Waals surface area (Å²) in [6, 6.07) is 9.63. The Morgan fingerprint density at radius 2 is 2.25 bits per heavy atom. The zero-order valence-electron chi connectivity index (χ0n) is 13.6. The van der Waals surface area contributed by atoms with Gasteiger partial charge in [0.15, 0.2) is 0 Å². The lowest BCUT2D eigenvalue weighted by Gasteiger charge is -2.10. The first-order valence-electron chi connectivity index (χ1n) is 8.30. The second-order valence-electron chi connectivity index (χ2n) is 6.43. The fraction of sp³-hybridized carbons (Fsp3) is 0.368. The highest BCUT2D eigenvalue weighted by molar-refractivity contribution is 6.32. The lowest BCUT2D eigenvalue weighted by atomic mass is 9.95. The normalized spacial score (nSPS) is 23.3. The van der Waals surface area contributed by atoms with Crippen molar-refractivity contribution in [3.8, 4) is 5.88 Å². The van der Waals surface area contributed by atoms with Crippen molar-refractivity contribution in [1.29, 1.82) is 0 Å². The number of benzene rings is 1. The topological polar surface area (TPSA) is 48.4 Å². The third-order valence-electron chi connectivity index (χ3n) is 4.88. The summed E-state index contributed by atoms with van der Waals surface area (Å²) >= 11 is 0. The van der Waals surface area contributed by atoms with E-state index in [4.69, 9.17) is 17.3 Å². The molecule has 2 aliphatic rings. The van der Waals surface area contributed by atoms with E-state index < -0.39 is 0 Å². The van der Waals surface area contributed by atoms with Crippen molar-refractivity contribution in [1.82, 2.24) is 4.98 Å². The van der Waals surface area contributed by atoms with E-state index in [1.807, 2.05) is 43.5 Å². The number of pyridine rings is 1. The van der Waals surface area contributed by atoms with E-state index in [0.29, 0.717) is 25.0 Å². The number of carbonyl (C=O) groups is 1. The minimum atomic E-state index is -0.0693. The number of ether oxygens (including phenoxy) is 2. The van der Waals surface area contributed by atoms with Gasteiger partial charge in [-0.15, -0.1) is 0 Å². The van der Waals surface area contributed by atoms with Gasteiger partial charge in [-0.1, -0.05) is 29.7 Å². The molecule has 5 heteroatoms. The molecule has 2 radical (unpaired) electrons. The molecule has 1 saturated carbocycles. The number of fused-ring (bicyclic) bond motifs is 3. The smallest absolute Gasteiger partial charge is 0.309 e. The highest BCUT2D eigenvalue weighted by Gasteiger charge is 2.60. The third-order valence-corrected chi connectivity index (χ3v) is 4.88. The first-order valence-corrected chi connectivity index (χ1v) is 8.30. The van der Waals surface area contributed by atoms with Crippen molar-refractivity contribution in [2.45, 2.75) is 25.9 Å². The molecular weight excluding hydrogens is 301 g/mol. The summed E-state index contributed by atoms with van der Waals surface area (Å²) in [6.07, 6.45) is 2.76. The van der Waals surface area contributed by atoms with Gasteiger partial charge < -0.3 is 9.47 Å². The van der Waals surface area contributed by atoms with Crippen LogP contribution >= 0.6 is 0 Å². The summed E-state index contributed by atoms with van der Waals surface area (Å²) in [5.41, 5.74) is 4.16. The van der Waals surface area contributed by atoms with Crippen LogP contribution in [0.25, 0.3) is 0 Å². The quantitative estimate of drug-likeness (QED) is 0.624. The monoisotopic (exact) mass is 319 g/mol. The number of carbonyl (C=O) groups excluding carboxylic acids is 1. The van der Waals surface area contributed by atoms with Crippen molar-refractivity contribution in [2.24, 2.45) is 11.8 Å². The van der Waals surface area contributed by atoms with Gasteiger partial charge in [0.25, 0.3) is 0 Å². The number of esters is 1. The predicted octanol–water partition coefficient (Wildman–Crippen LogP) is 1.90. The maximum atomic E-state index is 11.9. The Morgan fingerprint density at radius 1 is 1.38 bits per heavy atom. The number of nitrogens with zero attached hydrogens (tertiary/aromatic N) is 1. The highest BCUT2D eigenvalue weighted by atomic mass is 16.5. The summed E-state index contributed by atoms with van der Waals surface area (Å²) in [7, 11) is 5.77. The van der Waals surface area contributed by atoms with Crippen LogP contribution in [0.4, 0.5) is 0 Å². The Labute approximate surface area is 142 Å². The Hall–Kier alpha value is -2.30. The van der Waals surface area contributed by atoms with Gasteiger partial charge in [0.05, 0.1) is 12.5 Å². The minimum Gasteiger partial charge on any atom is -0.473 e. The van der Waals surface area contributed by atoms with E-state index in [-0.39, 0.29) is 17.8 Å². The van der Waals surface area contributed by atoms with Gasteiger partial charge in [-0.25, -0.2) is 4.98 Å². The number of hydrogen-bond acceptors (Lipinski definition) is 4. The molecule has 4 rings (SSSR count). The maximum Gasteiger partial charge on any atom is 0.309 e. The molecule has 0 aliphatic heterocycles. The minimum absolute atomic E-state index is 0.0262. The summed E-state index contributed by atoms with van der Waals surface area (Å²) in [4.78, 5) is 16.3. The summed E-state index contributed by atoms with van der Waals surface area (Å²) in [6.45, 7) is 2.72. The van der Waals surface area contributed by atoms with Crippen molar-refractivity contribution in [2.75, 3.05) is 6.61 Å². The molecule has 0 bridgehead atoms. The molecule has 0 spiro atoms. The van der Waals surface area contributed by atoms with Gasteiger partial charge >= 0.3 is 5.97 Å². The van der Waals surface area contributed by atoms with Crippen LogP contribution in [0.2, 0.25) is 0 Å². The zero-order valence-corrected chi connectivity index (χ0v) is 13.6. The second kappa shape index (κ2) is 5.97. The van der Waals surface area contributed by atoms with Gasteiger partial charge in [0, 0.05) is 18.2 Å². The number of aromatic nitrogens is 1. The SMILES string of the molecule is [B]c1cccc(COc2cc3c(cn2)[C@H]2[C@@H](C3)[C@@H]2C(=O)OCC)c1. The molecule has 4 nitrogen and oxygen atoms in total. The van der Waals surface area contributed by atoms with Crippen LogP contribution in [-0.4, -0.2) is 25.4 Å². The van der Waals surface area contributed by atoms with Crippen molar-refractivity contribution < 1.29 is 14.3 Å². The van der Waals surface area contributed by atoms with E-state index in [1.54, 1.807) is 0 Å². The molecule has 0 saturated heterocycles. The Balaban J connectivity index is 1.42. The molecule has 1 aromatic heterocycles. The molecular formula is C19H18BNO3. The average Bonchev–Trinajstić information content (AvgIpc) is 3.16. The first-order chi connectivity index (χ1) is 11.7. The van der Waals surface area contributed by atoms with Crippen LogP contribution in [0, 0.1) is 11.8 Å². The van der Waals surface area contributed by atoms with Gasteiger partial charge in [-0.2, -0.15) is 0 Å². The van der Waals surface area contributed by atoms with Crippen molar-refractivity contribution in [3.05, 3.63) is 53.2 Å². The lowest BCUT2D eigenvalue weighted by Crippen LogP contribution is -2.11. The van der Waals surface area contributed by atoms with Gasteiger partial charge in [-0.3, -0.25) is 4.79 Å². The summed E-state index contributed by atoms with van der Waals surface area (Å²) < 4.78 is 10.9. The molecule has 0 amide bonds. The molecule has 2 aliphatic carbocycles. The number of rotatable bonds is 5. The molecule has 2 aromatic rings. The Bertz CT molecular complexity index is 792. The van der Waals surface area contributed by atoms with E-state index in [9.17, 15) is 4.79 Å². The van der Waals surface area contributed by atoms with Crippen LogP contribution in [0.15, 0.2) is 36.5 Å².